The first-order valence-electron chi connectivity index (χ1n) is 9.32. The number of esters is 1. The number of carbonyl (C=O) groups excluding carboxylic acids is 1. The van der Waals surface area contributed by atoms with Gasteiger partial charge >= 0.3 is 5.97 Å². The number of fused-ring (bicyclic) bond motifs is 5. The molecule has 5 rings (SSSR count). The Hall–Kier alpha value is -3.52. The van der Waals surface area contributed by atoms with E-state index in [2.05, 4.69) is 4.99 Å². The lowest BCUT2D eigenvalue weighted by molar-refractivity contribution is -0.177. The first kappa shape index (κ1) is 17.6. The summed E-state index contributed by atoms with van der Waals surface area (Å²) in [5.74, 6) is -0.850. The number of benzene rings is 1. The van der Waals surface area contributed by atoms with Crippen molar-refractivity contribution in [1.82, 2.24) is 9.55 Å². The van der Waals surface area contributed by atoms with Crippen molar-refractivity contribution in [3.8, 4) is 11.4 Å². The topological polar surface area (TPSA) is 120 Å². The van der Waals surface area contributed by atoms with Crippen LogP contribution in [0.25, 0.3) is 22.3 Å². The molecule has 0 spiro atoms. The highest BCUT2D eigenvalue weighted by atomic mass is 16.6. The Morgan fingerprint density at radius 3 is 2.93 bits per heavy atom. The molecule has 146 valence electrons. The molecule has 3 N–H and O–H groups in total. The molecule has 2 aromatic heterocycles. The molecule has 3 aromatic rings. The van der Waals surface area contributed by atoms with E-state index in [1.54, 1.807) is 17.6 Å². The molecule has 0 bridgehead atoms. The van der Waals surface area contributed by atoms with Crippen LogP contribution in [0.1, 0.15) is 36.3 Å². The number of ether oxygens (including phenoxy) is 1. The molecular weight excluding hydrogens is 372 g/mol. The van der Waals surface area contributed by atoms with Gasteiger partial charge in [-0.1, -0.05) is 25.1 Å². The predicted molar refractivity (Wildman–Crippen MR) is 106 cm³/mol. The predicted octanol–water partition coefficient (Wildman–Crippen LogP) is 1.57. The Bertz CT molecular complexity index is 1280. The highest BCUT2D eigenvalue weighted by Crippen LogP contribution is 2.42. The number of carbonyl (C=O) groups is 1. The zero-order valence-corrected chi connectivity index (χ0v) is 15.6. The fraction of sp³-hybridized carbons (Fsp3) is 0.238. The Kier molecular flexibility index (Phi) is 3.63. The number of hydrogen-bond acceptors (Lipinski definition) is 6. The average molecular weight is 390 g/mol. The van der Waals surface area contributed by atoms with Crippen LogP contribution in [0.4, 0.5) is 0 Å². The SMILES string of the molecule is CC[C@@]1(O)C(=O)OC(/N=C/N)c2c1cc1n(c2=O)Cc2cc3ccccc3nc2-1. The summed E-state index contributed by atoms with van der Waals surface area (Å²) in [5, 5.41) is 12.0. The van der Waals surface area contributed by atoms with Gasteiger partial charge in [0.1, 0.15) is 0 Å². The maximum Gasteiger partial charge on any atom is 0.345 e. The summed E-state index contributed by atoms with van der Waals surface area (Å²) < 4.78 is 6.82. The first-order chi connectivity index (χ1) is 14.0. The molecule has 2 atom stereocenters. The maximum atomic E-state index is 13.4. The monoisotopic (exact) mass is 390 g/mol. The maximum absolute atomic E-state index is 13.4. The molecule has 29 heavy (non-hydrogen) atoms. The van der Waals surface area contributed by atoms with E-state index < -0.39 is 17.8 Å². The van der Waals surface area contributed by atoms with E-state index in [0.717, 1.165) is 22.8 Å². The van der Waals surface area contributed by atoms with Gasteiger partial charge in [-0.2, -0.15) is 0 Å². The second-order valence-electron chi connectivity index (χ2n) is 7.21. The highest BCUT2D eigenvalue weighted by molar-refractivity contribution is 5.86. The summed E-state index contributed by atoms with van der Waals surface area (Å²) in [6, 6.07) is 11.4. The molecule has 0 saturated carbocycles. The van der Waals surface area contributed by atoms with E-state index in [9.17, 15) is 14.7 Å². The van der Waals surface area contributed by atoms with Crippen LogP contribution in [0.15, 0.2) is 46.2 Å². The number of nitrogens with zero attached hydrogens (tertiary/aromatic N) is 3. The van der Waals surface area contributed by atoms with Gasteiger partial charge < -0.3 is 20.1 Å². The summed E-state index contributed by atoms with van der Waals surface area (Å²) in [7, 11) is 0. The summed E-state index contributed by atoms with van der Waals surface area (Å²) in [5.41, 5.74) is 6.33. The number of nitrogens with two attached hydrogens (primary N) is 1. The third-order valence-corrected chi connectivity index (χ3v) is 5.69. The fourth-order valence-corrected chi connectivity index (χ4v) is 4.15. The minimum Gasteiger partial charge on any atom is -0.433 e. The second kappa shape index (κ2) is 5.99. The second-order valence-corrected chi connectivity index (χ2v) is 7.21. The number of aliphatic hydroxyl groups is 1. The van der Waals surface area contributed by atoms with Gasteiger partial charge in [-0.15, -0.1) is 0 Å². The molecule has 8 nitrogen and oxygen atoms in total. The molecule has 2 aliphatic rings. The molecule has 1 unspecified atom stereocenters. The van der Waals surface area contributed by atoms with E-state index in [1.807, 2.05) is 30.3 Å². The quantitative estimate of drug-likeness (QED) is 0.305. The Morgan fingerprint density at radius 1 is 1.38 bits per heavy atom. The molecule has 0 saturated heterocycles. The first-order valence-corrected chi connectivity index (χ1v) is 9.32. The van der Waals surface area contributed by atoms with Gasteiger partial charge in [0.2, 0.25) is 6.23 Å². The van der Waals surface area contributed by atoms with Crippen molar-refractivity contribution in [2.45, 2.75) is 31.7 Å². The summed E-state index contributed by atoms with van der Waals surface area (Å²) in [6.07, 6.45) is -0.146. The smallest absolute Gasteiger partial charge is 0.345 e. The van der Waals surface area contributed by atoms with Gasteiger partial charge in [-0.25, -0.2) is 14.8 Å². The van der Waals surface area contributed by atoms with Gasteiger partial charge in [0.25, 0.3) is 5.56 Å². The van der Waals surface area contributed by atoms with E-state index in [4.69, 9.17) is 15.5 Å². The number of aliphatic imine (C=N–C) groups is 1. The minimum absolute atomic E-state index is 0.0544. The fourth-order valence-electron chi connectivity index (χ4n) is 4.15. The van der Waals surface area contributed by atoms with Crippen LogP contribution >= 0.6 is 0 Å². The van der Waals surface area contributed by atoms with Crippen LogP contribution in [-0.2, 0) is 21.7 Å². The number of aromatic nitrogens is 2. The van der Waals surface area contributed by atoms with Crippen molar-refractivity contribution in [1.29, 1.82) is 0 Å². The molecule has 0 fully saturated rings. The van der Waals surface area contributed by atoms with Crippen LogP contribution in [0.2, 0.25) is 0 Å². The van der Waals surface area contributed by atoms with E-state index in [0.29, 0.717) is 17.9 Å². The van der Waals surface area contributed by atoms with E-state index in [1.165, 1.54) is 0 Å². The Morgan fingerprint density at radius 2 is 2.17 bits per heavy atom. The van der Waals surface area contributed by atoms with Crippen molar-refractivity contribution in [2.24, 2.45) is 10.7 Å². The van der Waals surface area contributed by atoms with Crippen LogP contribution in [0.5, 0.6) is 0 Å². The molecular formula is C21H18N4O4. The molecule has 0 amide bonds. The van der Waals surface area contributed by atoms with Crippen LogP contribution < -0.4 is 11.3 Å². The normalized spacial score (nSPS) is 22.4. The van der Waals surface area contributed by atoms with Gasteiger partial charge in [-0.3, -0.25) is 4.79 Å². The van der Waals surface area contributed by atoms with Crippen LogP contribution in [0.3, 0.4) is 0 Å². The molecule has 1 aromatic carbocycles. The number of para-hydroxylation sites is 1. The molecule has 0 radical (unpaired) electrons. The summed E-state index contributed by atoms with van der Waals surface area (Å²) in [4.78, 5) is 34.5. The standard InChI is InChI=1S/C21H18N4O4/c1-2-21(28)13-8-15-17-12(7-11-5-3-4-6-14(11)24-17)9-25(15)19(26)16(13)18(23-10-22)29-20(21)27/h3-8,10,18,28H,2,9H2,1H3,(H2,22,23)/t18?,21-/m0/s1. The summed E-state index contributed by atoms with van der Waals surface area (Å²) >= 11 is 0. The van der Waals surface area contributed by atoms with E-state index in [-0.39, 0.29) is 23.1 Å². The number of cyclic esters (lactones) is 1. The van der Waals surface area contributed by atoms with Gasteiger partial charge in [-0.05, 0) is 24.6 Å². The zero-order chi connectivity index (χ0) is 20.3. The molecule has 4 heterocycles. The van der Waals surface area contributed by atoms with E-state index >= 15 is 0 Å². The minimum atomic E-state index is -1.93. The molecule has 2 aliphatic heterocycles. The van der Waals surface area contributed by atoms with Crippen molar-refractivity contribution >= 4 is 23.2 Å². The Balaban J connectivity index is 1.82. The lowest BCUT2D eigenvalue weighted by Gasteiger charge is -2.34. The van der Waals surface area contributed by atoms with Crippen molar-refractivity contribution in [3.63, 3.8) is 0 Å². The lowest BCUT2D eigenvalue weighted by Crippen LogP contribution is -2.45. The third kappa shape index (κ3) is 2.29. The Labute approximate surface area is 165 Å². The largest absolute Gasteiger partial charge is 0.433 e. The van der Waals surface area contributed by atoms with Crippen molar-refractivity contribution in [3.05, 3.63) is 63.4 Å². The number of hydrogen-bond donors (Lipinski definition) is 2. The highest BCUT2D eigenvalue weighted by Gasteiger charge is 2.48. The van der Waals surface area contributed by atoms with Gasteiger partial charge in [0, 0.05) is 16.5 Å². The zero-order valence-electron chi connectivity index (χ0n) is 15.6. The number of rotatable bonds is 2. The van der Waals surface area contributed by atoms with Crippen LogP contribution in [-0.4, -0.2) is 27.0 Å². The van der Waals surface area contributed by atoms with Gasteiger partial charge in [0.15, 0.2) is 5.60 Å². The summed E-state index contributed by atoms with van der Waals surface area (Å²) in [6.45, 7) is 1.99. The van der Waals surface area contributed by atoms with Crippen molar-refractivity contribution in [2.75, 3.05) is 0 Å². The average Bonchev–Trinajstić information content (AvgIpc) is 3.08. The van der Waals surface area contributed by atoms with Crippen molar-refractivity contribution < 1.29 is 14.6 Å². The lowest BCUT2D eigenvalue weighted by atomic mass is 9.85. The molecule has 0 aliphatic carbocycles. The molecule has 8 heteroatoms. The number of pyridine rings is 2. The van der Waals surface area contributed by atoms with Gasteiger partial charge in [0.05, 0.1) is 35.4 Å². The third-order valence-electron chi connectivity index (χ3n) is 5.69. The van der Waals surface area contributed by atoms with Crippen LogP contribution in [0, 0.1) is 0 Å².